The van der Waals surface area contributed by atoms with Gasteiger partial charge in [0.05, 0.1) is 5.92 Å². The monoisotopic (exact) mass is 350 g/mol. The highest BCUT2D eigenvalue weighted by Crippen LogP contribution is 2.32. The molecule has 1 aliphatic rings. The van der Waals surface area contributed by atoms with Crippen LogP contribution in [0.5, 0.6) is 0 Å². The highest BCUT2D eigenvalue weighted by Gasteiger charge is 2.37. The quantitative estimate of drug-likeness (QED) is 0.797. The average Bonchev–Trinajstić information content (AvgIpc) is 2.39. The van der Waals surface area contributed by atoms with Crippen molar-refractivity contribution in [2.45, 2.75) is 48.8 Å². The lowest BCUT2D eigenvalue weighted by Crippen LogP contribution is -2.51. The zero-order valence-electron chi connectivity index (χ0n) is 12.4. The van der Waals surface area contributed by atoms with Crippen molar-refractivity contribution in [3.63, 3.8) is 0 Å². The van der Waals surface area contributed by atoms with E-state index in [9.17, 15) is 13.6 Å². The van der Waals surface area contributed by atoms with E-state index < -0.39 is 11.3 Å². The summed E-state index contributed by atoms with van der Waals surface area (Å²) >= 11 is 0.488. The van der Waals surface area contributed by atoms with Gasteiger partial charge in [-0.15, -0.1) is 12.4 Å². The molecule has 124 valence electrons. The second-order valence-corrected chi connectivity index (χ2v) is 6.76. The SMILES string of the molecule is CC1(N)CCCCC1C(=O)Nc1ccc(SC(F)F)cc1.Cl. The first-order valence-electron chi connectivity index (χ1n) is 7.03. The lowest BCUT2D eigenvalue weighted by atomic mass is 9.74. The minimum atomic E-state index is -2.44. The second kappa shape index (κ2) is 8.13. The Morgan fingerprint density at radius 2 is 2.00 bits per heavy atom. The van der Waals surface area contributed by atoms with E-state index in [0.717, 1.165) is 25.7 Å². The molecule has 0 aliphatic heterocycles. The van der Waals surface area contributed by atoms with Crippen molar-refractivity contribution in [3.05, 3.63) is 24.3 Å². The van der Waals surface area contributed by atoms with Crippen molar-refractivity contribution in [2.24, 2.45) is 11.7 Å². The maximum atomic E-state index is 12.3. The molecule has 1 aromatic rings. The first-order chi connectivity index (χ1) is 9.88. The number of nitrogens with one attached hydrogen (secondary N) is 1. The predicted octanol–water partition coefficient (Wildman–Crippen LogP) is 4.27. The fourth-order valence-corrected chi connectivity index (χ4v) is 3.24. The number of hydrogen-bond donors (Lipinski definition) is 2. The maximum absolute atomic E-state index is 12.3. The number of alkyl halides is 2. The van der Waals surface area contributed by atoms with Gasteiger partial charge in [-0.1, -0.05) is 24.6 Å². The van der Waals surface area contributed by atoms with Crippen LogP contribution < -0.4 is 11.1 Å². The number of amides is 1. The smallest absolute Gasteiger partial charge is 0.288 e. The first kappa shape index (κ1) is 19.2. The van der Waals surface area contributed by atoms with Crippen molar-refractivity contribution in [2.75, 3.05) is 5.32 Å². The van der Waals surface area contributed by atoms with Crippen molar-refractivity contribution >= 4 is 35.8 Å². The summed E-state index contributed by atoms with van der Waals surface area (Å²) in [6.45, 7) is 1.92. The fraction of sp³-hybridized carbons (Fsp3) is 0.533. The molecule has 2 rings (SSSR count). The molecule has 0 bridgehead atoms. The molecule has 0 spiro atoms. The fourth-order valence-electron chi connectivity index (χ4n) is 2.74. The first-order valence-corrected chi connectivity index (χ1v) is 7.91. The van der Waals surface area contributed by atoms with Crippen molar-refractivity contribution in [1.82, 2.24) is 0 Å². The number of carbonyl (C=O) groups is 1. The molecule has 3 N–H and O–H groups in total. The Kier molecular flexibility index (Phi) is 7.09. The Morgan fingerprint density at radius 1 is 1.36 bits per heavy atom. The normalized spacial score (nSPS) is 24.7. The van der Waals surface area contributed by atoms with Crippen molar-refractivity contribution in [1.29, 1.82) is 0 Å². The molecule has 1 saturated carbocycles. The summed E-state index contributed by atoms with van der Waals surface area (Å²) in [4.78, 5) is 12.8. The third-order valence-electron chi connectivity index (χ3n) is 3.92. The summed E-state index contributed by atoms with van der Waals surface area (Å²) in [6.07, 6.45) is 3.69. The number of carbonyl (C=O) groups excluding carboxylic acids is 1. The minimum Gasteiger partial charge on any atom is -0.326 e. The highest BCUT2D eigenvalue weighted by molar-refractivity contribution is 7.99. The van der Waals surface area contributed by atoms with Crippen LogP contribution in [0, 0.1) is 5.92 Å². The van der Waals surface area contributed by atoms with Crippen LogP contribution in [-0.2, 0) is 4.79 Å². The van der Waals surface area contributed by atoms with Gasteiger partial charge in [0.2, 0.25) is 5.91 Å². The molecule has 22 heavy (non-hydrogen) atoms. The molecule has 0 aromatic heterocycles. The molecule has 7 heteroatoms. The van der Waals surface area contributed by atoms with E-state index >= 15 is 0 Å². The summed E-state index contributed by atoms with van der Waals surface area (Å²) in [5.41, 5.74) is 6.34. The van der Waals surface area contributed by atoms with Crippen LogP contribution in [0.15, 0.2) is 29.2 Å². The summed E-state index contributed by atoms with van der Waals surface area (Å²) < 4.78 is 24.5. The molecule has 1 amide bonds. The van der Waals surface area contributed by atoms with Gasteiger partial charge < -0.3 is 11.1 Å². The zero-order valence-corrected chi connectivity index (χ0v) is 14.0. The van der Waals surface area contributed by atoms with Gasteiger partial charge in [-0.25, -0.2) is 0 Å². The minimum absolute atomic E-state index is 0. The average molecular weight is 351 g/mol. The van der Waals surface area contributed by atoms with E-state index in [4.69, 9.17) is 5.73 Å². The van der Waals surface area contributed by atoms with Gasteiger partial charge in [-0.2, -0.15) is 8.78 Å². The number of nitrogens with two attached hydrogens (primary N) is 1. The van der Waals surface area contributed by atoms with E-state index in [0.29, 0.717) is 22.3 Å². The van der Waals surface area contributed by atoms with Crippen molar-refractivity contribution in [3.8, 4) is 0 Å². The third kappa shape index (κ3) is 5.11. The van der Waals surface area contributed by atoms with Gasteiger partial charge in [-0.05, 0) is 44.0 Å². The van der Waals surface area contributed by atoms with Crippen LogP contribution in [0.3, 0.4) is 0 Å². The zero-order chi connectivity index (χ0) is 15.5. The molecular formula is C15H21ClF2N2OS. The van der Waals surface area contributed by atoms with Gasteiger partial charge in [0.1, 0.15) is 0 Å². The Balaban J connectivity index is 0.00000242. The number of thioether (sulfide) groups is 1. The van der Waals surface area contributed by atoms with Crippen molar-refractivity contribution < 1.29 is 13.6 Å². The lowest BCUT2D eigenvalue weighted by Gasteiger charge is -2.37. The summed E-state index contributed by atoms with van der Waals surface area (Å²) in [5.74, 6) is -2.74. The summed E-state index contributed by atoms with van der Waals surface area (Å²) in [5, 5.41) is 2.83. The molecule has 2 atom stereocenters. The van der Waals surface area contributed by atoms with Crippen LogP contribution >= 0.6 is 24.2 Å². The highest BCUT2D eigenvalue weighted by atomic mass is 35.5. The van der Waals surface area contributed by atoms with Crippen LogP contribution in [0.2, 0.25) is 0 Å². The predicted molar refractivity (Wildman–Crippen MR) is 88.7 cm³/mol. The molecule has 0 saturated heterocycles. The van der Waals surface area contributed by atoms with Crippen LogP contribution in [0.25, 0.3) is 0 Å². The Bertz CT molecular complexity index is 497. The van der Waals surface area contributed by atoms with E-state index in [1.54, 1.807) is 24.3 Å². The van der Waals surface area contributed by atoms with Gasteiger partial charge in [-0.3, -0.25) is 4.79 Å². The Hall–Kier alpha value is -0.850. The molecule has 0 heterocycles. The summed E-state index contributed by atoms with van der Waals surface area (Å²) in [7, 11) is 0. The molecule has 1 aromatic carbocycles. The third-order valence-corrected chi connectivity index (χ3v) is 4.64. The standard InChI is InChI=1S/C15H20F2N2OS.ClH/c1-15(18)9-3-2-4-12(15)13(20)19-10-5-7-11(8-6-10)21-14(16)17;/h5-8,12,14H,2-4,9,18H2,1H3,(H,19,20);1H. The molecule has 0 radical (unpaired) electrons. The summed E-state index contributed by atoms with van der Waals surface area (Å²) in [6, 6.07) is 6.43. The van der Waals surface area contributed by atoms with Crippen LogP contribution in [-0.4, -0.2) is 17.2 Å². The van der Waals surface area contributed by atoms with Gasteiger partial charge >= 0.3 is 0 Å². The van der Waals surface area contributed by atoms with E-state index in [2.05, 4.69) is 5.32 Å². The molecule has 3 nitrogen and oxygen atoms in total. The topological polar surface area (TPSA) is 55.1 Å². The Morgan fingerprint density at radius 3 is 2.55 bits per heavy atom. The molecule has 2 unspecified atom stereocenters. The lowest BCUT2D eigenvalue weighted by molar-refractivity contribution is -0.122. The number of rotatable bonds is 4. The maximum Gasteiger partial charge on any atom is 0.288 e. The van der Waals surface area contributed by atoms with Gasteiger partial charge in [0.15, 0.2) is 0 Å². The molecule has 1 fully saturated rings. The molecular weight excluding hydrogens is 330 g/mol. The largest absolute Gasteiger partial charge is 0.326 e. The van der Waals surface area contributed by atoms with Crippen LogP contribution in [0.1, 0.15) is 32.6 Å². The number of benzene rings is 1. The van der Waals surface area contributed by atoms with Gasteiger partial charge in [0, 0.05) is 16.1 Å². The molecule has 1 aliphatic carbocycles. The second-order valence-electron chi connectivity index (χ2n) is 5.70. The van der Waals surface area contributed by atoms with E-state index in [1.807, 2.05) is 6.92 Å². The van der Waals surface area contributed by atoms with Gasteiger partial charge in [0.25, 0.3) is 5.76 Å². The number of anilines is 1. The number of halogens is 3. The Labute approximate surface area is 139 Å². The van der Waals surface area contributed by atoms with E-state index in [-0.39, 0.29) is 24.2 Å². The van der Waals surface area contributed by atoms with E-state index in [1.165, 1.54) is 0 Å². The number of hydrogen-bond acceptors (Lipinski definition) is 3. The van der Waals surface area contributed by atoms with Crippen LogP contribution in [0.4, 0.5) is 14.5 Å².